The third-order valence-corrected chi connectivity index (χ3v) is 4.97. The molecule has 1 aromatic carbocycles. The smallest absolute Gasteiger partial charge is 0.0766 e. The molecule has 0 aliphatic carbocycles. The quantitative estimate of drug-likeness (QED) is 0.821. The zero-order chi connectivity index (χ0) is 14.7. The summed E-state index contributed by atoms with van der Waals surface area (Å²) in [6.45, 7) is 2.13. The number of nitrogens with zero attached hydrogens (tertiary/aromatic N) is 2. The number of hydrogen-bond acceptors (Lipinski definition) is 2. The van der Waals surface area contributed by atoms with Gasteiger partial charge in [0, 0.05) is 24.0 Å². The number of benzene rings is 1. The zero-order valence-electron chi connectivity index (χ0n) is 12.0. The molecule has 108 valence electrons. The van der Waals surface area contributed by atoms with Crippen molar-refractivity contribution in [2.45, 2.75) is 25.8 Å². The second-order valence-electron chi connectivity index (χ2n) is 4.78. The zero-order valence-corrected chi connectivity index (χ0v) is 15.1. The van der Waals surface area contributed by atoms with E-state index in [-0.39, 0.29) is 6.04 Å². The molecule has 1 N–H and O–H groups in total. The molecule has 0 fully saturated rings. The maximum Gasteiger partial charge on any atom is 0.0766 e. The Balaban J connectivity index is 2.26. The first-order valence-electron chi connectivity index (χ1n) is 6.69. The van der Waals surface area contributed by atoms with E-state index in [9.17, 15) is 0 Å². The molecule has 0 saturated carbocycles. The fourth-order valence-corrected chi connectivity index (χ4v) is 3.36. The maximum absolute atomic E-state index is 4.56. The van der Waals surface area contributed by atoms with Gasteiger partial charge in [0.05, 0.1) is 15.9 Å². The van der Waals surface area contributed by atoms with E-state index in [2.05, 4.69) is 73.5 Å². The Morgan fingerprint density at radius 1 is 1.25 bits per heavy atom. The van der Waals surface area contributed by atoms with Gasteiger partial charge in [-0.05, 0) is 47.1 Å². The summed E-state index contributed by atoms with van der Waals surface area (Å²) in [5, 5.41) is 7.95. The van der Waals surface area contributed by atoms with Gasteiger partial charge in [-0.15, -0.1) is 0 Å². The summed E-state index contributed by atoms with van der Waals surface area (Å²) in [4.78, 5) is 0. The fourth-order valence-electron chi connectivity index (χ4n) is 2.32. The van der Waals surface area contributed by atoms with Crippen LogP contribution in [0.15, 0.2) is 33.2 Å². The number of nitrogens with one attached hydrogen (secondary N) is 1. The molecule has 1 heterocycles. The Morgan fingerprint density at radius 2 is 1.90 bits per heavy atom. The lowest BCUT2D eigenvalue weighted by atomic mass is 10.0. The molecule has 0 bridgehead atoms. The predicted octanol–water partition coefficient (Wildman–Crippen LogP) is 4.01. The Kier molecular flexibility index (Phi) is 5.41. The van der Waals surface area contributed by atoms with Gasteiger partial charge in [0.2, 0.25) is 0 Å². The van der Waals surface area contributed by atoms with Gasteiger partial charge in [-0.3, -0.25) is 4.68 Å². The molecule has 0 radical (unpaired) electrons. The highest BCUT2D eigenvalue weighted by atomic mass is 79.9. The SMILES string of the molecule is CCc1nn(C)c(CC(NC)c2ccc(Br)cc2)c1Br. The van der Waals surface area contributed by atoms with Gasteiger partial charge in [-0.2, -0.15) is 5.10 Å². The summed E-state index contributed by atoms with van der Waals surface area (Å²) in [5.41, 5.74) is 3.62. The first-order valence-corrected chi connectivity index (χ1v) is 8.28. The molecule has 0 aliphatic rings. The van der Waals surface area contributed by atoms with E-state index in [0.29, 0.717) is 0 Å². The molecule has 1 unspecified atom stereocenters. The van der Waals surface area contributed by atoms with Crippen molar-refractivity contribution < 1.29 is 0 Å². The summed E-state index contributed by atoms with van der Waals surface area (Å²) in [6.07, 6.45) is 1.85. The molecule has 3 nitrogen and oxygen atoms in total. The lowest BCUT2D eigenvalue weighted by molar-refractivity contribution is 0.560. The average Bonchev–Trinajstić information content (AvgIpc) is 2.72. The van der Waals surface area contributed by atoms with E-state index in [0.717, 1.165) is 27.5 Å². The Morgan fingerprint density at radius 3 is 2.40 bits per heavy atom. The number of rotatable bonds is 5. The topological polar surface area (TPSA) is 29.9 Å². The molecular formula is C15H19Br2N3. The van der Waals surface area contributed by atoms with Crippen LogP contribution in [0.5, 0.6) is 0 Å². The van der Waals surface area contributed by atoms with Crippen LogP contribution in [-0.4, -0.2) is 16.8 Å². The van der Waals surface area contributed by atoms with Crippen LogP contribution in [-0.2, 0) is 19.9 Å². The van der Waals surface area contributed by atoms with Crippen molar-refractivity contribution in [1.82, 2.24) is 15.1 Å². The highest BCUT2D eigenvalue weighted by molar-refractivity contribution is 9.10. The fraction of sp³-hybridized carbons (Fsp3) is 0.400. The van der Waals surface area contributed by atoms with E-state index in [1.165, 1.54) is 11.3 Å². The summed E-state index contributed by atoms with van der Waals surface area (Å²) in [5.74, 6) is 0. The van der Waals surface area contributed by atoms with E-state index >= 15 is 0 Å². The van der Waals surface area contributed by atoms with Crippen molar-refractivity contribution >= 4 is 31.9 Å². The molecule has 0 saturated heterocycles. The van der Waals surface area contributed by atoms with Gasteiger partial charge >= 0.3 is 0 Å². The third kappa shape index (κ3) is 3.32. The molecule has 0 amide bonds. The van der Waals surface area contributed by atoms with Crippen LogP contribution in [0.4, 0.5) is 0 Å². The van der Waals surface area contributed by atoms with E-state index in [4.69, 9.17) is 0 Å². The van der Waals surface area contributed by atoms with Gasteiger partial charge in [0.25, 0.3) is 0 Å². The van der Waals surface area contributed by atoms with Crippen LogP contribution in [0, 0.1) is 0 Å². The second kappa shape index (κ2) is 6.87. The summed E-state index contributed by atoms with van der Waals surface area (Å²) in [7, 11) is 4.01. The van der Waals surface area contributed by atoms with Crippen LogP contribution < -0.4 is 5.32 Å². The van der Waals surface area contributed by atoms with Crippen molar-refractivity contribution in [1.29, 1.82) is 0 Å². The van der Waals surface area contributed by atoms with Crippen molar-refractivity contribution in [3.05, 3.63) is 50.2 Å². The largest absolute Gasteiger partial charge is 0.313 e. The van der Waals surface area contributed by atoms with Gasteiger partial charge in [0.15, 0.2) is 0 Å². The van der Waals surface area contributed by atoms with Gasteiger partial charge in [0.1, 0.15) is 0 Å². The summed E-state index contributed by atoms with van der Waals surface area (Å²) >= 11 is 7.16. The molecular weight excluding hydrogens is 382 g/mol. The number of hydrogen-bond donors (Lipinski definition) is 1. The van der Waals surface area contributed by atoms with Crippen molar-refractivity contribution in [3.8, 4) is 0 Å². The minimum absolute atomic E-state index is 0.277. The van der Waals surface area contributed by atoms with Crippen LogP contribution >= 0.6 is 31.9 Å². The normalized spacial score (nSPS) is 12.7. The lowest BCUT2D eigenvalue weighted by Crippen LogP contribution is -2.20. The molecule has 0 spiro atoms. The molecule has 5 heteroatoms. The molecule has 0 aliphatic heterocycles. The van der Waals surface area contributed by atoms with Gasteiger partial charge in [-0.1, -0.05) is 35.0 Å². The monoisotopic (exact) mass is 399 g/mol. The summed E-state index contributed by atoms with van der Waals surface area (Å²) < 4.78 is 4.22. The maximum atomic E-state index is 4.56. The first kappa shape index (κ1) is 15.7. The number of halogens is 2. The number of aromatic nitrogens is 2. The molecule has 2 aromatic rings. The number of aryl methyl sites for hydroxylation is 2. The highest BCUT2D eigenvalue weighted by Crippen LogP contribution is 2.27. The van der Waals surface area contributed by atoms with Crippen molar-refractivity contribution in [2.24, 2.45) is 7.05 Å². The van der Waals surface area contributed by atoms with Crippen molar-refractivity contribution in [3.63, 3.8) is 0 Å². The summed E-state index contributed by atoms with van der Waals surface area (Å²) in [6, 6.07) is 8.73. The van der Waals surface area contributed by atoms with E-state index in [1.54, 1.807) is 0 Å². The Hall–Kier alpha value is -0.650. The number of likely N-dealkylation sites (N-methyl/N-ethyl adjacent to an activating group) is 1. The Labute approximate surface area is 137 Å². The van der Waals surface area contributed by atoms with E-state index < -0.39 is 0 Å². The van der Waals surface area contributed by atoms with Crippen LogP contribution in [0.1, 0.15) is 29.9 Å². The average molecular weight is 401 g/mol. The molecule has 2 rings (SSSR count). The minimum Gasteiger partial charge on any atom is -0.313 e. The van der Waals surface area contributed by atoms with Crippen molar-refractivity contribution in [2.75, 3.05) is 7.05 Å². The highest BCUT2D eigenvalue weighted by Gasteiger charge is 2.17. The van der Waals surface area contributed by atoms with Crippen LogP contribution in [0.25, 0.3) is 0 Å². The van der Waals surface area contributed by atoms with Crippen LogP contribution in [0.2, 0.25) is 0 Å². The first-order chi connectivity index (χ1) is 9.56. The second-order valence-corrected chi connectivity index (χ2v) is 6.49. The van der Waals surface area contributed by atoms with Gasteiger partial charge in [-0.25, -0.2) is 0 Å². The standard InChI is InChI=1S/C15H19Br2N3/c1-4-12-15(17)14(20(3)19-12)9-13(18-2)10-5-7-11(16)8-6-10/h5-8,13,18H,4,9H2,1-3H3. The van der Waals surface area contributed by atoms with Gasteiger partial charge < -0.3 is 5.32 Å². The lowest BCUT2D eigenvalue weighted by Gasteiger charge is -2.17. The Bertz CT molecular complexity index is 576. The minimum atomic E-state index is 0.277. The molecule has 1 aromatic heterocycles. The molecule has 20 heavy (non-hydrogen) atoms. The predicted molar refractivity (Wildman–Crippen MR) is 89.9 cm³/mol. The molecule has 1 atom stereocenters. The van der Waals surface area contributed by atoms with E-state index in [1.807, 2.05) is 18.8 Å². The third-order valence-electron chi connectivity index (χ3n) is 3.52. The van der Waals surface area contributed by atoms with Crippen LogP contribution in [0.3, 0.4) is 0 Å².